The second kappa shape index (κ2) is 6.98. The molecule has 2 saturated heterocycles. The fraction of sp³-hybridized carbons (Fsp3) is 0.882. The molecule has 2 heterocycles. The first kappa shape index (κ1) is 19.1. The van der Waals surface area contributed by atoms with Crippen LogP contribution < -0.4 is 0 Å². The van der Waals surface area contributed by atoms with Crippen molar-refractivity contribution in [2.24, 2.45) is 11.3 Å². The van der Waals surface area contributed by atoms with Gasteiger partial charge in [-0.25, -0.2) is 9.69 Å². The average Bonchev–Trinajstić information content (AvgIpc) is 3.14. The largest absolute Gasteiger partial charge is 0.447 e. The lowest BCUT2D eigenvalue weighted by molar-refractivity contribution is -0.255. The van der Waals surface area contributed by atoms with E-state index in [0.29, 0.717) is 19.6 Å². The zero-order chi connectivity index (χ0) is 18.1. The molecule has 138 valence electrons. The fourth-order valence-corrected chi connectivity index (χ4v) is 3.47. The zero-order valence-electron chi connectivity index (χ0n) is 15.2. The molecule has 0 saturated carbocycles. The molecule has 2 aliphatic rings. The number of cyclic esters (lactones) is 1. The number of hydrogen-bond acceptors (Lipinski definition) is 6. The number of carbonyl (C=O) groups is 2. The Morgan fingerprint density at radius 1 is 1.38 bits per heavy atom. The van der Waals surface area contributed by atoms with Crippen molar-refractivity contribution in [3.8, 4) is 0 Å². The van der Waals surface area contributed by atoms with Gasteiger partial charge < -0.3 is 19.3 Å². The van der Waals surface area contributed by atoms with Gasteiger partial charge in [-0.2, -0.15) is 0 Å². The van der Waals surface area contributed by atoms with Crippen LogP contribution in [-0.4, -0.2) is 59.8 Å². The Balaban J connectivity index is 2.11. The number of aliphatic hydroxyl groups excluding tert-OH is 1. The average molecular weight is 343 g/mol. The van der Waals surface area contributed by atoms with Crippen LogP contribution in [0.5, 0.6) is 0 Å². The van der Waals surface area contributed by atoms with Crippen LogP contribution in [0.25, 0.3) is 0 Å². The Bertz CT molecular complexity index is 483. The van der Waals surface area contributed by atoms with Gasteiger partial charge in [0.1, 0.15) is 6.61 Å². The van der Waals surface area contributed by atoms with E-state index in [1.807, 2.05) is 34.6 Å². The molecule has 0 spiro atoms. The molecule has 2 fully saturated rings. The molecule has 2 aliphatic heterocycles. The molecule has 0 radical (unpaired) electrons. The fourth-order valence-electron chi connectivity index (χ4n) is 3.47. The lowest BCUT2D eigenvalue weighted by Gasteiger charge is -2.44. The molecular weight excluding hydrogens is 314 g/mol. The molecule has 0 unspecified atom stereocenters. The third-order valence-corrected chi connectivity index (χ3v) is 5.35. The third kappa shape index (κ3) is 3.17. The molecule has 0 aromatic carbocycles. The zero-order valence-corrected chi connectivity index (χ0v) is 15.2. The number of aliphatic hydroxyl groups is 1. The molecule has 2 rings (SSSR count). The lowest BCUT2D eigenvalue weighted by Crippen LogP contribution is -2.54. The first-order chi connectivity index (χ1) is 11.2. The summed E-state index contributed by atoms with van der Waals surface area (Å²) in [4.78, 5) is 25.6. The maximum absolute atomic E-state index is 12.6. The van der Waals surface area contributed by atoms with Gasteiger partial charge in [0.25, 0.3) is 0 Å². The van der Waals surface area contributed by atoms with Crippen LogP contribution in [0.1, 0.15) is 47.5 Å². The number of rotatable bonds is 6. The maximum Gasteiger partial charge on any atom is 0.416 e. The molecule has 1 N–H and O–H groups in total. The highest BCUT2D eigenvalue weighted by molar-refractivity contribution is 5.93. The standard InChI is InChI=1S/C17H29NO6/c1-6-17(23-7-8-24-17)16(4,5)13(19)9-14(20)18-12(11(2)3)10-22-15(18)21/h11-13,19H,6-10H2,1-5H3/t12-,13-/m0/s1. The van der Waals surface area contributed by atoms with Crippen molar-refractivity contribution < 1.29 is 28.9 Å². The van der Waals surface area contributed by atoms with Crippen molar-refractivity contribution in [2.45, 2.75) is 65.4 Å². The van der Waals surface area contributed by atoms with Crippen molar-refractivity contribution in [3.63, 3.8) is 0 Å². The van der Waals surface area contributed by atoms with Crippen molar-refractivity contribution in [3.05, 3.63) is 0 Å². The summed E-state index contributed by atoms with van der Waals surface area (Å²) in [5.41, 5.74) is -0.801. The predicted octanol–water partition coefficient (Wildman–Crippen LogP) is 1.92. The highest BCUT2D eigenvalue weighted by Crippen LogP contribution is 2.44. The number of nitrogens with zero attached hydrogens (tertiary/aromatic N) is 1. The van der Waals surface area contributed by atoms with Gasteiger partial charge in [-0.1, -0.05) is 34.6 Å². The van der Waals surface area contributed by atoms with Crippen LogP contribution in [0.4, 0.5) is 4.79 Å². The van der Waals surface area contributed by atoms with Crippen LogP contribution in [0.2, 0.25) is 0 Å². The van der Waals surface area contributed by atoms with Crippen molar-refractivity contribution in [2.75, 3.05) is 19.8 Å². The summed E-state index contributed by atoms with van der Waals surface area (Å²) >= 11 is 0. The van der Waals surface area contributed by atoms with Gasteiger partial charge in [-0.05, 0) is 12.3 Å². The first-order valence-electron chi connectivity index (χ1n) is 8.61. The predicted molar refractivity (Wildman–Crippen MR) is 86.2 cm³/mol. The second-order valence-corrected chi connectivity index (χ2v) is 7.40. The van der Waals surface area contributed by atoms with Crippen molar-refractivity contribution in [1.82, 2.24) is 4.90 Å². The van der Waals surface area contributed by atoms with Crippen LogP contribution in [0.15, 0.2) is 0 Å². The number of amides is 2. The highest BCUT2D eigenvalue weighted by atomic mass is 16.7. The van der Waals surface area contributed by atoms with Crippen LogP contribution in [0.3, 0.4) is 0 Å². The van der Waals surface area contributed by atoms with Gasteiger partial charge in [-0.15, -0.1) is 0 Å². The quantitative estimate of drug-likeness (QED) is 0.793. The number of carbonyl (C=O) groups excluding carboxylic acids is 2. The second-order valence-electron chi connectivity index (χ2n) is 7.40. The van der Waals surface area contributed by atoms with Gasteiger partial charge >= 0.3 is 6.09 Å². The van der Waals surface area contributed by atoms with E-state index in [0.717, 1.165) is 4.90 Å². The Morgan fingerprint density at radius 2 is 1.96 bits per heavy atom. The minimum atomic E-state index is -1.01. The van der Waals surface area contributed by atoms with Gasteiger partial charge in [-0.3, -0.25) is 4.79 Å². The Morgan fingerprint density at radius 3 is 2.46 bits per heavy atom. The molecule has 24 heavy (non-hydrogen) atoms. The molecule has 0 aliphatic carbocycles. The van der Waals surface area contributed by atoms with Gasteiger partial charge in [0, 0.05) is 5.41 Å². The van der Waals surface area contributed by atoms with E-state index in [1.165, 1.54) is 0 Å². The topological polar surface area (TPSA) is 85.3 Å². The molecule has 7 heteroatoms. The summed E-state index contributed by atoms with van der Waals surface area (Å²) in [5.74, 6) is -1.26. The normalized spacial score (nSPS) is 25.2. The number of imide groups is 1. The first-order valence-corrected chi connectivity index (χ1v) is 8.61. The molecule has 0 aromatic heterocycles. The third-order valence-electron chi connectivity index (χ3n) is 5.35. The van der Waals surface area contributed by atoms with Gasteiger partial charge in [0.05, 0.1) is 31.8 Å². The SMILES string of the molecule is CCC1(C(C)(C)[C@@H](O)CC(=O)N2C(=O)OC[C@H]2C(C)C)OCCO1. The van der Waals surface area contributed by atoms with Crippen molar-refractivity contribution in [1.29, 1.82) is 0 Å². The Labute approximate surface area is 143 Å². The minimum Gasteiger partial charge on any atom is -0.447 e. The van der Waals surface area contributed by atoms with E-state index in [1.54, 1.807) is 0 Å². The summed E-state index contributed by atoms with van der Waals surface area (Å²) in [5, 5.41) is 10.7. The van der Waals surface area contributed by atoms with E-state index < -0.39 is 29.3 Å². The van der Waals surface area contributed by atoms with Crippen LogP contribution >= 0.6 is 0 Å². The minimum absolute atomic E-state index is 0.0917. The van der Waals surface area contributed by atoms with Crippen LogP contribution in [0, 0.1) is 11.3 Å². The van der Waals surface area contributed by atoms with E-state index in [9.17, 15) is 14.7 Å². The summed E-state index contributed by atoms with van der Waals surface area (Å²) in [6, 6.07) is -0.292. The summed E-state index contributed by atoms with van der Waals surface area (Å²) in [6.45, 7) is 10.6. The van der Waals surface area contributed by atoms with Crippen molar-refractivity contribution >= 4 is 12.0 Å². The Kier molecular flexibility index (Phi) is 5.57. The molecule has 2 amide bonds. The van der Waals surface area contributed by atoms with Gasteiger partial charge in [0.15, 0.2) is 5.79 Å². The van der Waals surface area contributed by atoms with Gasteiger partial charge in [0.2, 0.25) is 5.91 Å². The van der Waals surface area contributed by atoms with Crippen LogP contribution in [-0.2, 0) is 19.0 Å². The lowest BCUT2D eigenvalue weighted by atomic mass is 9.75. The van der Waals surface area contributed by atoms with E-state index >= 15 is 0 Å². The molecule has 7 nitrogen and oxygen atoms in total. The number of ether oxygens (including phenoxy) is 3. The summed E-state index contributed by atoms with van der Waals surface area (Å²) < 4.78 is 16.5. The smallest absolute Gasteiger partial charge is 0.416 e. The number of hydrogen-bond donors (Lipinski definition) is 1. The summed E-state index contributed by atoms with van der Waals surface area (Å²) in [6.07, 6.45) is -1.27. The monoisotopic (exact) mass is 343 g/mol. The molecular formula is C17H29NO6. The maximum atomic E-state index is 12.6. The molecule has 0 bridgehead atoms. The van der Waals surface area contributed by atoms with E-state index in [4.69, 9.17) is 14.2 Å². The highest BCUT2D eigenvalue weighted by Gasteiger charge is 2.53. The van der Waals surface area contributed by atoms with E-state index in [-0.39, 0.29) is 25.0 Å². The molecule has 0 aromatic rings. The summed E-state index contributed by atoms with van der Waals surface area (Å²) in [7, 11) is 0. The molecule has 2 atom stereocenters. The van der Waals surface area contributed by atoms with E-state index in [2.05, 4.69) is 0 Å². The Hall–Kier alpha value is -1.18.